The first kappa shape index (κ1) is 19.7. The van der Waals surface area contributed by atoms with Crippen LogP contribution in [0.25, 0.3) is 22.1 Å². The summed E-state index contributed by atoms with van der Waals surface area (Å²) < 4.78 is 2.05. The fourth-order valence-electron chi connectivity index (χ4n) is 3.25. The Kier molecular flexibility index (Phi) is 4.97. The lowest BCUT2D eigenvalue weighted by Crippen LogP contribution is -2.22. The average Bonchev–Trinajstić information content (AvgIpc) is 3.27. The van der Waals surface area contributed by atoms with Gasteiger partial charge in [-0.05, 0) is 54.1 Å². The lowest BCUT2D eigenvalue weighted by atomic mass is 10.2. The van der Waals surface area contributed by atoms with Crippen molar-refractivity contribution in [2.45, 2.75) is 9.79 Å². The molecular formula is C22H12ClN3O3S2. The summed E-state index contributed by atoms with van der Waals surface area (Å²) in [6.07, 6.45) is 1.67. The number of nitro benzene ring substituents is 1. The number of nitro groups is 1. The molecule has 0 radical (unpaired) electrons. The zero-order chi connectivity index (χ0) is 21.5. The van der Waals surface area contributed by atoms with E-state index in [1.54, 1.807) is 34.7 Å². The highest BCUT2D eigenvalue weighted by atomic mass is 35.5. The molecule has 9 heteroatoms. The summed E-state index contributed by atoms with van der Waals surface area (Å²) in [6, 6.07) is 19.5. The van der Waals surface area contributed by atoms with E-state index in [1.165, 1.54) is 29.2 Å². The van der Waals surface area contributed by atoms with Crippen LogP contribution in [-0.4, -0.2) is 14.3 Å². The Morgan fingerprint density at radius 3 is 2.65 bits per heavy atom. The maximum Gasteiger partial charge on any atom is 0.283 e. The van der Waals surface area contributed by atoms with Crippen molar-refractivity contribution in [3.8, 4) is 0 Å². The fraction of sp³-hybridized carbons (Fsp3) is 0. The number of hydrogen-bond donors (Lipinski definition) is 0. The summed E-state index contributed by atoms with van der Waals surface area (Å²) in [4.78, 5) is 30.6. The van der Waals surface area contributed by atoms with Gasteiger partial charge in [0.1, 0.15) is 0 Å². The second kappa shape index (κ2) is 7.81. The molecule has 0 saturated heterocycles. The fourth-order valence-corrected chi connectivity index (χ4v) is 5.26. The molecule has 0 N–H and O–H groups in total. The first-order chi connectivity index (χ1) is 15.0. The van der Waals surface area contributed by atoms with E-state index in [0.29, 0.717) is 25.0 Å². The second-order valence-electron chi connectivity index (χ2n) is 6.67. The molecule has 0 saturated carbocycles. The van der Waals surface area contributed by atoms with Crippen LogP contribution in [0, 0.1) is 10.1 Å². The lowest BCUT2D eigenvalue weighted by Gasteiger charge is -2.04. The average molecular weight is 466 g/mol. The third kappa shape index (κ3) is 3.69. The number of imidazole rings is 1. The highest BCUT2D eigenvalue weighted by molar-refractivity contribution is 7.99. The van der Waals surface area contributed by atoms with E-state index in [-0.39, 0.29) is 11.2 Å². The Hall–Kier alpha value is -3.20. The third-order valence-corrected chi connectivity index (χ3v) is 6.96. The van der Waals surface area contributed by atoms with Crippen molar-refractivity contribution < 1.29 is 4.92 Å². The molecule has 0 unspecified atom stereocenters. The first-order valence-electron chi connectivity index (χ1n) is 9.13. The predicted molar refractivity (Wildman–Crippen MR) is 124 cm³/mol. The number of aromatic nitrogens is 2. The van der Waals surface area contributed by atoms with Crippen LogP contribution in [0.1, 0.15) is 5.56 Å². The summed E-state index contributed by atoms with van der Waals surface area (Å²) in [6.45, 7) is 0. The van der Waals surface area contributed by atoms with Crippen molar-refractivity contribution >= 4 is 62.5 Å². The van der Waals surface area contributed by atoms with Crippen molar-refractivity contribution in [1.29, 1.82) is 0 Å². The Balaban J connectivity index is 1.57. The molecule has 0 amide bonds. The van der Waals surface area contributed by atoms with Crippen molar-refractivity contribution in [2.24, 2.45) is 0 Å². The van der Waals surface area contributed by atoms with Crippen LogP contribution >= 0.6 is 34.7 Å². The molecule has 6 nitrogen and oxygen atoms in total. The van der Waals surface area contributed by atoms with E-state index in [2.05, 4.69) is 4.98 Å². The molecular weight excluding hydrogens is 454 g/mol. The Morgan fingerprint density at radius 1 is 1.10 bits per heavy atom. The monoisotopic (exact) mass is 465 g/mol. The molecule has 5 aromatic rings. The van der Waals surface area contributed by atoms with Gasteiger partial charge in [-0.3, -0.25) is 14.9 Å². The maximum absolute atomic E-state index is 12.9. The normalized spacial score (nSPS) is 12.1. The molecule has 152 valence electrons. The van der Waals surface area contributed by atoms with Gasteiger partial charge in [0.2, 0.25) is 0 Å². The minimum absolute atomic E-state index is 0.0204. The van der Waals surface area contributed by atoms with Crippen LogP contribution in [-0.2, 0) is 0 Å². The summed E-state index contributed by atoms with van der Waals surface area (Å²) in [5.74, 6) is 0. The van der Waals surface area contributed by atoms with Gasteiger partial charge in [0, 0.05) is 16.0 Å². The van der Waals surface area contributed by atoms with Crippen LogP contribution in [0.2, 0.25) is 5.02 Å². The smallest absolute Gasteiger partial charge is 0.267 e. The van der Waals surface area contributed by atoms with Gasteiger partial charge in [-0.2, -0.15) is 0 Å². The Labute approximate surface area is 188 Å². The van der Waals surface area contributed by atoms with Gasteiger partial charge in [0.25, 0.3) is 11.2 Å². The number of fused-ring (bicyclic) bond motifs is 3. The van der Waals surface area contributed by atoms with Crippen molar-refractivity contribution in [2.75, 3.05) is 0 Å². The molecule has 3 aromatic carbocycles. The van der Waals surface area contributed by atoms with Crippen LogP contribution in [0.5, 0.6) is 0 Å². The number of rotatable bonds is 4. The number of thiazole rings is 1. The van der Waals surface area contributed by atoms with Crippen molar-refractivity contribution in [3.63, 3.8) is 0 Å². The van der Waals surface area contributed by atoms with Crippen LogP contribution in [0.4, 0.5) is 5.69 Å². The molecule has 0 bridgehead atoms. The molecule has 0 aliphatic carbocycles. The topological polar surface area (TPSA) is 77.5 Å². The van der Waals surface area contributed by atoms with Crippen molar-refractivity contribution in [3.05, 3.63) is 102 Å². The van der Waals surface area contributed by atoms with Gasteiger partial charge in [0.15, 0.2) is 4.96 Å². The van der Waals surface area contributed by atoms with E-state index >= 15 is 0 Å². The summed E-state index contributed by atoms with van der Waals surface area (Å²) in [5, 5.41) is 12.3. The number of para-hydroxylation sites is 2. The standard InChI is InChI=1S/C22H12ClN3O3S2/c23-14-6-8-15(9-7-14)30-19-10-5-13(11-18(19)26(28)29)12-20-21(27)25-17-4-2-1-3-16(17)24-22(25)31-20/h1-12H/b20-12-. The van der Waals surface area contributed by atoms with Gasteiger partial charge in [0.05, 0.1) is 25.4 Å². The predicted octanol–water partition coefficient (Wildman–Crippen LogP) is 5.17. The lowest BCUT2D eigenvalue weighted by molar-refractivity contribution is -0.387. The van der Waals surface area contributed by atoms with Gasteiger partial charge >= 0.3 is 0 Å². The van der Waals surface area contributed by atoms with E-state index in [1.807, 2.05) is 36.4 Å². The van der Waals surface area contributed by atoms with Crippen molar-refractivity contribution in [1.82, 2.24) is 9.38 Å². The molecule has 2 heterocycles. The minimum atomic E-state index is -0.414. The highest BCUT2D eigenvalue weighted by Crippen LogP contribution is 2.36. The van der Waals surface area contributed by atoms with Crippen LogP contribution < -0.4 is 10.1 Å². The number of nitrogens with zero attached hydrogens (tertiary/aromatic N) is 3. The van der Waals surface area contributed by atoms with Crippen LogP contribution in [0.15, 0.2) is 81.3 Å². The van der Waals surface area contributed by atoms with Gasteiger partial charge in [-0.25, -0.2) is 9.38 Å². The SMILES string of the molecule is O=c1/c(=C/c2ccc(Sc3ccc(Cl)cc3)c([N+](=O)[O-])c2)sc2nc3ccccc3n12. The molecule has 0 spiro atoms. The molecule has 0 fully saturated rings. The minimum Gasteiger partial charge on any atom is -0.267 e. The van der Waals surface area contributed by atoms with E-state index < -0.39 is 4.92 Å². The largest absolute Gasteiger partial charge is 0.283 e. The summed E-state index contributed by atoms with van der Waals surface area (Å²) >= 11 is 8.46. The number of benzene rings is 3. The molecule has 0 aliphatic heterocycles. The second-order valence-corrected chi connectivity index (χ2v) is 9.24. The molecule has 0 aliphatic rings. The highest BCUT2D eigenvalue weighted by Gasteiger charge is 2.16. The molecule has 2 aromatic heterocycles. The maximum atomic E-state index is 12.9. The Morgan fingerprint density at radius 2 is 1.87 bits per heavy atom. The third-order valence-electron chi connectivity index (χ3n) is 4.66. The number of halogens is 1. The zero-order valence-electron chi connectivity index (χ0n) is 15.7. The first-order valence-corrected chi connectivity index (χ1v) is 11.1. The van der Waals surface area contributed by atoms with Crippen LogP contribution in [0.3, 0.4) is 0 Å². The van der Waals surface area contributed by atoms with E-state index in [0.717, 1.165) is 15.9 Å². The van der Waals surface area contributed by atoms with E-state index in [4.69, 9.17) is 11.6 Å². The Bertz CT molecular complexity index is 1580. The molecule has 5 rings (SSSR count). The zero-order valence-corrected chi connectivity index (χ0v) is 18.1. The van der Waals surface area contributed by atoms with Gasteiger partial charge in [-0.15, -0.1) is 0 Å². The summed E-state index contributed by atoms with van der Waals surface area (Å²) in [5.41, 5.74) is 1.89. The molecule has 0 atom stereocenters. The van der Waals surface area contributed by atoms with E-state index in [9.17, 15) is 14.9 Å². The molecule has 31 heavy (non-hydrogen) atoms. The number of hydrogen-bond acceptors (Lipinski definition) is 6. The quantitative estimate of drug-likeness (QED) is 0.270. The van der Waals surface area contributed by atoms with Gasteiger partial charge in [-0.1, -0.05) is 52.9 Å². The van der Waals surface area contributed by atoms with Gasteiger partial charge < -0.3 is 0 Å². The summed E-state index contributed by atoms with van der Waals surface area (Å²) in [7, 11) is 0.